The molecule has 0 aliphatic carbocycles. The summed E-state index contributed by atoms with van der Waals surface area (Å²) in [6.07, 6.45) is 1.97. The van der Waals surface area contributed by atoms with Crippen LogP contribution in [0.25, 0.3) is 11.3 Å². The van der Waals surface area contributed by atoms with Gasteiger partial charge in [0.25, 0.3) is 0 Å². The molecule has 2 rings (SSSR count). The molecular weight excluding hydrogens is 202 g/mol. The molecule has 1 aromatic carbocycles. The summed E-state index contributed by atoms with van der Waals surface area (Å²) in [7, 11) is 3.30. The number of hydrogen-bond donors (Lipinski definition) is 1. The largest absolute Gasteiger partial charge is 0.497 e. The van der Waals surface area contributed by atoms with E-state index in [0.717, 1.165) is 22.8 Å². The van der Waals surface area contributed by atoms with Gasteiger partial charge in [0.15, 0.2) is 0 Å². The lowest BCUT2D eigenvalue weighted by molar-refractivity contribution is 0.394. The average molecular weight is 217 g/mol. The van der Waals surface area contributed by atoms with Gasteiger partial charge in [0.2, 0.25) is 0 Å². The molecule has 0 atom stereocenters. The number of aromatic nitrogens is 1. The van der Waals surface area contributed by atoms with Crippen LogP contribution in [0.15, 0.2) is 30.5 Å². The van der Waals surface area contributed by atoms with E-state index >= 15 is 0 Å². The van der Waals surface area contributed by atoms with Gasteiger partial charge in [-0.25, -0.2) is 0 Å². The van der Waals surface area contributed by atoms with Gasteiger partial charge in [0.05, 0.1) is 14.2 Å². The van der Waals surface area contributed by atoms with E-state index < -0.39 is 0 Å². The third-order valence-electron chi connectivity index (χ3n) is 2.49. The second kappa shape index (κ2) is 4.31. The van der Waals surface area contributed by atoms with Gasteiger partial charge in [-0.1, -0.05) is 0 Å². The Bertz CT molecular complexity index is 466. The number of aryl methyl sites for hydroxylation is 1. The quantitative estimate of drug-likeness (QED) is 0.857. The maximum atomic E-state index is 5.23. The van der Waals surface area contributed by atoms with Crippen molar-refractivity contribution in [2.45, 2.75) is 6.92 Å². The van der Waals surface area contributed by atoms with Crippen LogP contribution in [0.5, 0.6) is 11.5 Å². The zero-order valence-corrected chi connectivity index (χ0v) is 9.70. The lowest BCUT2D eigenvalue weighted by Crippen LogP contribution is -1.88. The zero-order valence-electron chi connectivity index (χ0n) is 9.70. The van der Waals surface area contributed by atoms with Gasteiger partial charge >= 0.3 is 0 Å². The molecule has 0 saturated carbocycles. The van der Waals surface area contributed by atoms with Gasteiger partial charge in [-0.3, -0.25) is 0 Å². The van der Waals surface area contributed by atoms with Crippen LogP contribution >= 0.6 is 0 Å². The highest BCUT2D eigenvalue weighted by Gasteiger charge is 2.05. The van der Waals surface area contributed by atoms with E-state index in [2.05, 4.69) is 18.0 Å². The highest BCUT2D eigenvalue weighted by Crippen LogP contribution is 2.29. The summed E-state index contributed by atoms with van der Waals surface area (Å²) in [6, 6.07) is 7.91. The second-order valence-corrected chi connectivity index (χ2v) is 3.69. The summed E-state index contributed by atoms with van der Waals surface area (Å²) in [6.45, 7) is 2.05. The Hall–Kier alpha value is -1.90. The minimum absolute atomic E-state index is 0.793. The maximum absolute atomic E-state index is 5.23. The van der Waals surface area contributed by atoms with Crippen molar-refractivity contribution in [1.29, 1.82) is 0 Å². The topological polar surface area (TPSA) is 34.2 Å². The molecule has 84 valence electrons. The molecule has 16 heavy (non-hydrogen) atoms. The van der Waals surface area contributed by atoms with Crippen molar-refractivity contribution in [2.24, 2.45) is 0 Å². The number of aromatic amines is 1. The van der Waals surface area contributed by atoms with Crippen molar-refractivity contribution in [3.8, 4) is 22.8 Å². The molecule has 0 unspecified atom stereocenters. The summed E-state index contributed by atoms with van der Waals surface area (Å²) in [5, 5.41) is 0. The lowest BCUT2D eigenvalue weighted by Gasteiger charge is -2.07. The number of H-pyrrole nitrogens is 1. The Morgan fingerprint density at radius 2 is 1.56 bits per heavy atom. The van der Waals surface area contributed by atoms with Crippen molar-refractivity contribution in [3.05, 3.63) is 36.0 Å². The third kappa shape index (κ3) is 2.03. The van der Waals surface area contributed by atoms with Crippen LogP contribution < -0.4 is 9.47 Å². The molecule has 0 radical (unpaired) electrons. The Morgan fingerprint density at radius 1 is 0.938 bits per heavy atom. The predicted octanol–water partition coefficient (Wildman–Crippen LogP) is 3.01. The van der Waals surface area contributed by atoms with Crippen LogP contribution in [0.3, 0.4) is 0 Å². The molecule has 3 nitrogen and oxygen atoms in total. The number of ether oxygens (including phenoxy) is 2. The second-order valence-electron chi connectivity index (χ2n) is 3.69. The molecular formula is C13H15NO2. The number of benzene rings is 1. The first-order chi connectivity index (χ1) is 7.72. The molecule has 2 aromatic rings. The fourth-order valence-corrected chi connectivity index (χ4v) is 1.63. The number of rotatable bonds is 3. The molecule has 1 N–H and O–H groups in total. The lowest BCUT2D eigenvalue weighted by atomic mass is 10.1. The minimum atomic E-state index is 0.793. The Kier molecular flexibility index (Phi) is 2.86. The first kappa shape index (κ1) is 10.6. The van der Waals surface area contributed by atoms with Gasteiger partial charge < -0.3 is 14.5 Å². The van der Waals surface area contributed by atoms with E-state index in [1.165, 1.54) is 5.56 Å². The molecule has 0 spiro atoms. The van der Waals surface area contributed by atoms with Gasteiger partial charge in [-0.05, 0) is 30.7 Å². The van der Waals surface area contributed by atoms with E-state index in [0.29, 0.717) is 0 Å². The first-order valence-electron chi connectivity index (χ1n) is 5.11. The van der Waals surface area contributed by atoms with E-state index in [9.17, 15) is 0 Å². The fraction of sp³-hybridized carbons (Fsp3) is 0.231. The number of nitrogens with one attached hydrogen (secondary N) is 1. The highest BCUT2D eigenvalue weighted by molar-refractivity contribution is 5.64. The van der Waals surface area contributed by atoms with Crippen molar-refractivity contribution < 1.29 is 9.47 Å². The summed E-state index contributed by atoms with van der Waals surface area (Å²) in [5.74, 6) is 1.59. The minimum Gasteiger partial charge on any atom is -0.497 e. The monoisotopic (exact) mass is 217 g/mol. The number of hydrogen-bond acceptors (Lipinski definition) is 2. The summed E-state index contributed by atoms with van der Waals surface area (Å²) in [4.78, 5) is 3.21. The molecule has 0 amide bonds. The van der Waals surface area contributed by atoms with Crippen LogP contribution in [0.1, 0.15) is 5.56 Å². The van der Waals surface area contributed by atoms with Crippen molar-refractivity contribution in [3.63, 3.8) is 0 Å². The third-order valence-corrected chi connectivity index (χ3v) is 2.49. The van der Waals surface area contributed by atoms with Crippen LogP contribution in [0.2, 0.25) is 0 Å². The first-order valence-corrected chi connectivity index (χ1v) is 5.11. The molecule has 1 aromatic heterocycles. The molecule has 0 saturated heterocycles. The standard InChI is InChI=1S/C13H15NO2/c1-9-4-13(14-8-9)10-5-11(15-2)7-12(6-10)16-3/h4-8,14H,1-3H3. The summed E-state index contributed by atoms with van der Waals surface area (Å²) in [5.41, 5.74) is 3.33. The molecule has 0 aliphatic rings. The van der Waals surface area contributed by atoms with E-state index in [-0.39, 0.29) is 0 Å². The van der Waals surface area contributed by atoms with Crippen LogP contribution in [0, 0.1) is 6.92 Å². The van der Waals surface area contributed by atoms with E-state index in [4.69, 9.17) is 9.47 Å². The van der Waals surface area contributed by atoms with E-state index in [1.807, 2.05) is 24.4 Å². The van der Waals surface area contributed by atoms with Crippen molar-refractivity contribution >= 4 is 0 Å². The maximum Gasteiger partial charge on any atom is 0.123 e. The molecule has 0 bridgehead atoms. The van der Waals surface area contributed by atoms with E-state index in [1.54, 1.807) is 14.2 Å². The van der Waals surface area contributed by atoms with Crippen LogP contribution in [-0.4, -0.2) is 19.2 Å². The van der Waals surface area contributed by atoms with Crippen LogP contribution in [-0.2, 0) is 0 Å². The molecule has 3 heteroatoms. The normalized spacial score (nSPS) is 10.2. The van der Waals surface area contributed by atoms with Crippen LogP contribution in [0.4, 0.5) is 0 Å². The predicted molar refractivity (Wildman–Crippen MR) is 64.1 cm³/mol. The van der Waals surface area contributed by atoms with Crippen molar-refractivity contribution in [1.82, 2.24) is 4.98 Å². The molecule has 0 aliphatic heterocycles. The van der Waals surface area contributed by atoms with Gasteiger partial charge in [0, 0.05) is 23.5 Å². The van der Waals surface area contributed by atoms with Gasteiger partial charge in [-0.2, -0.15) is 0 Å². The smallest absolute Gasteiger partial charge is 0.123 e. The summed E-state index contributed by atoms with van der Waals surface area (Å²) < 4.78 is 10.5. The number of methoxy groups -OCH3 is 2. The SMILES string of the molecule is COc1cc(OC)cc(-c2cc(C)c[nH]2)c1. The average Bonchev–Trinajstić information content (AvgIpc) is 2.75. The zero-order chi connectivity index (χ0) is 11.5. The highest BCUT2D eigenvalue weighted by atomic mass is 16.5. The fourth-order valence-electron chi connectivity index (χ4n) is 1.63. The van der Waals surface area contributed by atoms with Gasteiger partial charge in [-0.15, -0.1) is 0 Å². The van der Waals surface area contributed by atoms with Gasteiger partial charge in [0.1, 0.15) is 11.5 Å². The van der Waals surface area contributed by atoms with Crippen molar-refractivity contribution in [2.75, 3.05) is 14.2 Å². The Labute approximate surface area is 95.0 Å². The Morgan fingerprint density at radius 3 is 2.00 bits per heavy atom. The Balaban J connectivity index is 2.47. The molecule has 1 heterocycles. The molecule has 0 fully saturated rings. The summed E-state index contributed by atoms with van der Waals surface area (Å²) >= 11 is 0.